The van der Waals surface area contributed by atoms with E-state index < -0.39 is 0 Å². The van der Waals surface area contributed by atoms with E-state index in [1.165, 1.54) is 0 Å². The van der Waals surface area contributed by atoms with Gasteiger partial charge in [0, 0.05) is 19.1 Å². The second kappa shape index (κ2) is 6.32. The summed E-state index contributed by atoms with van der Waals surface area (Å²) in [5.41, 5.74) is 5.21. The highest BCUT2D eigenvalue weighted by Gasteiger charge is 2.23. The third-order valence-electron chi connectivity index (χ3n) is 2.57. The highest BCUT2D eigenvalue weighted by atomic mass is 16.6. The van der Waals surface area contributed by atoms with Gasteiger partial charge in [-0.25, -0.2) is 4.79 Å². The Morgan fingerprint density at radius 2 is 2.06 bits per heavy atom. The Labute approximate surface area is 95.1 Å². The molecule has 3 N–H and O–H groups in total. The number of piperidine rings is 1. The Morgan fingerprint density at radius 3 is 2.56 bits per heavy atom. The Morgan fingerprint density at radius 1 is 1.44 bits per heavy atom. The zero-order valence-electron chi connectivity index (χ0n) is 9.57. The number of hydrogen-bond donors (Lipinski definition) is 2. The van der Waals surface area contributed by atoms with E-state index in [2.05, 4.69) is 5.32 Å². The van der Waals surface area contributed by atoms with Crippen molar-refractivity contribution in [2.45, 2.75) is 25.8 Å². The standard InChI is InChI=1S/C10H19N3O3/c1-2-16-10(15)13-5-3-8(4-6-13)12-9(14)7-11/h8H,2-7,11H2,1H3,(H,12,14). The molecule has 0 unspecified atom stereocenters. The van der Waals surface area contributed by atoms with Crippen LogP contribution in [-0.4, -0.2) is 49.2 Å². The third-order valence-corrected chi connectivity index (χ3v) is 2.57. The van der Waals surface area contributed by atoms with Crippen molar-refractivity contribution in [2.75, 3.05) is 26.2 Å². The Kier molecular flexibility index (Phi) is 5.04. The van der Waals surface area contributed by atoms with Gasteiger partial charge in [0.15, 0.2) is 0 Å². The van der Waals surface area contributed by atoms with E-state index in [1.807, 2.05) is 0 Å². The molecular weight excluding hydrogens is 210 g/mol. The van der Waals surface area contributed by atoms with Crippen LogP contribution in [0.4, 0.5) is 4.79 Å². The van der Waals surface area contributed by atoms with Crippen LogP contribution in [0, 0.1) is 0 Å². The van der Waals surface area contributed by atoms with Gasteiger partial charge in [-0.3, -0.25) is 4.79 Å². The minimum Gasteiger partial charge on any atom is -0.450 e. The molecule has 1 fully saturated rings. The van der Waals surface area contributed by atoms with E-state index in [4.69, 9.17) is 10.5 Å². The first-order chi connectivity index (χ1) is 7.67. The van der Waals surface area contributed by atoms with E-state index >= 15 is 0 Å². The van der Waals surface area contributed by atoms with Crippen molar-refractivity contribution in [3.63, 3.8) is 0 Å². The number of likely N-dealkylation sites (tertiary alicyclic amines) is 1. The molecule has 2 amide bonds. The van der Waals surface area contributed by atoms with Crippen LogP contribution in [0.3, 0.4) is 0 Å². The van der Waals surface area contributed by atoms with Crippen LogP contribution in [0.5, 0.6) is 0 Å². The van der Waals surface area contributed by atoms with Gasteiger partial charge in [-0.15, -0.1) is 0 Å². The lowest BCUT2D eigenvalue weighted by molar-refractivity contribution is -0.120. The Bertz CT molecular complexity index is 250. The zero-order chi connectivity index (χ0) is 12.0. The summed E-state index contributed by atoms with van der Waals surface area (Å²) in [4.78, 5) is 24.1. The fourth-order valence-corrected chi connectivity index (χ4v) is 1.71. The first-order valence-electron chi connectivity index (χ1n) is 5.58. The molecule has 1 heterocycles. The van der Waals surface area contributed by atoms with Gasteiger partial charge in [-0.05, 0) is 19.8 Å². The van der Waals surface area contributed by atoms with Crippen LogP contribution < -0.4 is 11.1 Å². The quantitative estimate of drug-likeness (QED) is 0.694. The minimum absolute atomic E-state index is 0.0120. The van der Waals surface area contributed by atoms with E-state index in [0.29, 0.717) is 19.7 Å². The molecule has 0 radical (unpaired) electrons. The van der Waals surface area contributed by atoms with Crippen molar-refractivity contribution in [3.05, 3.63) is 0 Å². The molecule has 0 aromatic rings. The van der Waals surface area contributed by atoms with Crippen molar-refractivity contribution in [1.82, 2.24) is 10.2 Å². The predicted molar refractivity (Wildman–Crippen MR) is 58.8 cm³/mol. The summed E-state index contributed by atoms with van der Waals surface area (Å²) in [5.74, 6) is -0.144. The lowest BCUT2D eigenvalue weighted by Crippen LogP contribution is -2.47. The van der Waals surface area contributed by atoms with Crippen molar-refractivity contribution in [1.29, 1.82) is 0 Å². The van der Waals surface area contributed by atoms with E-state index in [1.54, 1.807) is 11.8 Å². The number of nitrogens with one attached hydrogen (secondary N) is 1. The van der Waals surface area contributed by atoms with Crippen molar-refractivity contribution >= 4 is 12.0 Å². The lowest BCUT2D eigenvalue weighted by atomic mass is 10.1. The molecule has 92 valence electrons. The van der Waals surface area contributed by atoms with Gasteiger partial charge in [0.25, 0.3) is 0 Å². The second-order valence-electron chi connectivity index (χ2n) is 3.73. The van der Waals surface area contributed by atoms with Crippen molar-refractivity contribution < 1.29 is 14.3 Å². The largest absolute Gasteiger partial charge is 0.450 e. The average molecular weight is 229 g/mol. The van der Waals surface area contributed by atoms with Gasteiger partial charge in [0.1, 0.15) is 0 Å². The fraction of sp³-hybridized carbons (Fsp3) is 0.800. The van der Waals surface area contributed by atoms with E-state index in [9.17, 15) is 9.59 Å². The summed E-state index contributed by atoms with van der Waals surface area (Å²) in [6, 6.07) is 0.127. The summed E-state index contributed by atoms with van der Waals surface area (Å²) in [6.07, 6.45) is 1.24. The highest BCUT2D eigenvalue weighted by molar-refractivity contribution is 5.78. The summed E-state index contributed by atoms with van der Waals surface area (Å²) in [5, 5.41) is 2.82. The molecule has 6 heteroatoms. The summed E-state index contributed by atoms with van der Waals surface area (Å²) in [6.45, 7) is 3.43. The van der Waals surface area contributed by atoms with E-state index in [-0.39, 0.29) is 24.6 Å². The fourth-order valence-electron chi connectivity index (χ4n) is 1.71. The normalized spacial score (nSPS) is 17.0. The molecule has 0 saturated carbocycles. The maximum Gasteiger partial charge on any atom is 0.409 e. The molecule has 1 aliphatic rings. The first-order valence-corrected chi connectivity index (χ1v) is 5.58. The van der Waals surface area contributed by atoms with Gasteiger partial charge >= 0.3 is 6.09 Å². The van der Waals surface area contributed by atoms with Gasteiger partial charge in [0.2, 0.25) is 5.91 Å². The minimum atomic E-state index is -0.272. The highest BCUT2D eigenvalue weighted by Crippen LogP contribution is 2.11. The molecule has 1 saturated heterocycles. The molecule has 16 heavy (non-hydrogen) atoms. The Hall–Kier alpha value is -1.30. The number of carbonyl (C=O) groups is 2. The summed E-state index contributed by atoms with van der Waals surface area (Å²) in [7, 11) is 0. The smallest absolute Gasteiger partial charge is 0.409 e. The number of nitrogens with zero attached hydrogens (tertiary/aromatic N) is 1. The molecular formula is C10H19N3O3. The van der Waals surface area contributed by atoms with Gasteiger partial charge in [0.05, 0.1) is 13.2 Å². The van der Waals surface area contributed by atoms with E-state index in [0.717, 1.165) is 12.8 Å². The molecule has 1 aliphatic heterocycles. The molecule has 0 atom stereocenters. The number of rotatable bonds is 3. The SMILES string of the molecule is CCOC(=O)N1CCC(NC(=O)CN)CC1. The maximum atomic E-state index is 11.4. The van der Waals surface area contributed by atoms with Crippen LogP contribution in [0.15, 0.2) is 0 Å². The number of carbonyl (C=O) groups excluding carboxylic acids is 2. The zero-order valence-corrected chi connectivity index (χ0v) is 9.57. The average Bonchev–Trinajstić information content (AvgIpc) is 2.30. The lowest BCUT2D eigenvalue weighted by Gasteiger charge is -2.31. The number of hydrogen-bond acceptors (Lipinski definition) is 4. The topological polar surface area (TPSA) is 84.7 Å². The van der Waals surface area contributed by atoms with Crippen LogP contribution in [0.1, 0.15) is 19.8 Å². The van der Waals surface area contributed by atoms with Gasteiger partial charge in [-0.1, -0.05) is 0 Å². The van der Waals surface area contributed by atoms with Gasteiger partial charge < -0.3 is 20.7 Å². The van der Waals surface area contributed by atoms with Crippen molar-refractivity contribution in [2.24, 2.45) is 5.73 Å². The summed E-state index contributed by atoms with van der Waals surface area (Å²) < 4.78 is 4.90. The van der Waals surface area contributed by atoms with Crippen molar-refractivity contribution in [3.8, 4) is 0 Å². The molecule has 0 aliphatic carbocycles. The maximum absolute atomic E-state index is 11.4. The first kappa shape index (κ1) is 12.8. The number of amides is 2. The van der Waals surface area contributed by atoms with Crippen LogP contribution in [0.2, 0.25) is 0 Å². The van der Waals surface area contributed by atoms with Crippen LogP contribution >= 0.6 is 0 Å². The molecule has 0 aromatic heterocycles. The molecule has 0 bridgehead atoms. The molecule has 1 rings (SSSR count). The second-order valence-corrected chi connectivity index (χ2v) is 3.73. The summed E-state index contributed by atoms with van der Waals surface area (Å²) >= 11 is 0. The number of nitrogens with two attached hydrogens (primary N) is 1. The monoisotopic (exact) mass is 229 g/mol. The number of ether oxygens (including phenoxy) is 1. The third kappa shape index (κ3) is 3.69. The van der Waals surface area contributed by atoms with Gasteiger partial charge in [-0.2, -0.15) is 0 Å². The molecule has 6 nitrogen and oxygen atoms in total. The Balaban J connectivity index is 2.28. The predicted octanol–water partition coefficient (Wildman–Crippen LogP) is -0.318. The van der Waals surface area contributed by atoms with Crippen LogP contribution in [-0.2, 0) is 9.53 Å². The van der Waals surface area contributed by atoms with Crippen LogP contribution in [0.25, 0.3) is 0 Å². The molecule has 0 spiro atoms. The molecule has 0 aromatic carbocycles.